The number of benzene rings is 2. The zero-order valence-electron chi connectivity index (χ0n) is 11.0. The van der Waals surface area contributed by atoms with Crippen LogP contribution in [0.25, 0.3) is 0 Å². The highest BCUT2D eigenvalue weighted by Crippen LogP contribution is 2.20. The van der Waals surface area contributed by atoms with Gasteiger partial charge in [0.1, 0.15) is 5.75 Å². The van der Waals surface area contributed by atoms with E-state index in [1.165, 1.54) is 12.1 Å². The van der Waals surface area contributed by atoms with Gasteiger partial charge < -0.3 is 10.1 Å². The summed E-state index contributed by atoms with van der Waals surface area (Å²) in [6.07, 6.45) is -4.32. The number of halogens is 4. The molecule has 0 radical (unpaired) electrons. The van der Waals surface area contributed by atoms with Crippen LogP contribution in [0.15, 0.2) is 53.0 Å². The Hall–Kier alpha value is -1.69. The molecule has 0 saturated heterocycles. The molecule has 0 atom stereocenters. The van der Waals surface area contributed by atoms with E-state index in [1.54, 1.807) is 12.1 Å². The van der Waals surface area contributed by atoms with Crippen LogP contribution >= 0.6 is 15.9 Å². The summed E-state index contributed by atoms with van der Waals surface area (Å²) < 4.78 is 41.7. The molecule has 1 N–H and O–H groups in total. The van der Waals surface area contributed by atoms with Crippen LogP contribution in [0.4, 0.5) is 18.9 Å². The molecule has 6 heteroatoms. The molecule has 2 aromatic carbocycles. The summed E-state index contributed by atoms with van der Waals surface area (Å²) in [5, 5.41) is 3.19. The first kappa shape index (κ1) is 15.7. The number of hydrogen-bond acceptors (Lipinski definition) is 2. The van der Waals surface area contributed by atoms with Crippen molar-refractivity contribution in [2.24, 2.45) is 0 Å². The minimum absolute atomic E-state index is 0.196. The molecule has 0 saturated carbocycles. The summed E-state index contributed by atoms with van der Waals surface area (Å²) in [6, 6.07) is 14.3. The molecule has 0 spiro atoms. The molecule has 0 bridgehead atoms. The van der Waals surface area contributed by atoms with Crippen molar-refractivity contribution in [3.8, 4) is 5.75 Å². The van der Waals surface area contributed by atoms with Crippen LogP contribution in [0.1, 0.15) is 5.56 Å². The van der Waals surface area contributed by atoms with Crippen molar-refractivity contribution in [1.82, 2.24) is 0 Å². The monoisotopic (exact) mass is 359 g/mol. The van der Waals surface area contributed by atoms with E-state index < -0.39 is 12.8 Å². The van der Waals surface area contributed by atoms with Gasteiger partial charge in [0, 0.05) is 16.7 Å². The van der Waals surface area contributed by atoms with Crippen LogP contribution < -0.4 is 10.1 Å². The summed E-state index contributed by atoms with van der Waals surface area (Å²) in [5.41, 5.74) is 1.92. The number of alkyl halides is 3. The van der Waals surface area contributed by atoms with Gasteiger partial charge in [-0.2, -0.15) is 13.2 Å². The Bertz CT molecular complexity index is 567. The standard InChI is InChI=1S/C15H13BrF3NO/c16-12-3-1-11(2-4-12)9-20-13-5-7-14(8-6-13)21-10-15(17,18)19/h1-8,20H,9-10H2. The van der Waals surface area contributed by atoms with Crippen molar-refractivity contribution in [2.45, 2.75) is 12.7 Å². The van der Waals surface area contributed by atoms with E-state index in [9.17, 15) is 13.2 Å². The lowest BCUT2D eigenvalue weighted by atomic mass is 10.2. The van der Waals surface area contributed by atoms with Crippen molar-refractivity contribution < 1.29 is 17.9 Å². The SMILES string of the molecule is FC(F)(F)COc1ccc(NCc2ccc(Br)cc2)cc1. The van der Waals surface area contributed by atoms with Crippen molar-refractivity contribution in [2.75, 3.05) is 11.9 Å². The average Bonchev–Trinajstić information content (AvgIpc) is 2.45. The molecule has 2 aromatic rings. The molecular formula is C15H13BrF3NO. The normalized spacial score (nSPS) is 11.2. The fourth-order valence-electron chi connectivity index (χ4n) is 1.64. The van der Waals surface area contributed by atoms with E-state index in [-0.39, 0.29) is 5.75 Å². The predicted molar refractivity (Wildman–Crippen MR) is 79.5 cm³/mol. The largest absolute Gasteiger partial charge is 0.484 e. The summed E-state index contributed by atoms with van der Waals surface area (Å²) in [4.78, 5) is 0. The minimum atomic E-state index is -4.32. The van der Waals surface area contributed by atoms with Crippen molar-refractivity contribution in [3.05, 3.63) is 58.6 Å². The Morgan fingerprint density at radius 3 is 2.14 bits per heavy atom. The van der Waals surface area contributed by atoms with E-state index in [1.807, 2.05) is 24.3 Å². The van der Waals surface area contributed by atoms with E-state index in [0.29, 0.717) is 6.54 Å². The predicted octanol–water partition coefficient (Wildman–Crippen LogP) is 5.00. The minimum Gasteiger partial charge on any atom is -0.484 e. The quantitative estimate of drug-likeness (QED) is 0.810. The molecule has 112 valence electrons. The second-order valence-corrected chi connectivity index (χ2v) is 5.32. The first-order valence-electron chi connectivity index (χ1n) is 6.20. The van der Waals surface area contributed by atoms with Gasteiger partial charge in [-0.3, -0.25) is 0 Å². The third-order valence-corrected chi connectivity index (χ3v) is 3.20. The van der Waals surface area contributed by atoms with Crippen LogP contribution in [0.5, 0.6) is 5.75 Å². The Kier molecular flexibility index (Phi) is 5.12. The second-order valence-electron chi connectivity index (χ2n) is 4.41. The fraction of sp³-hybridized carbons (Fsp3) is 0.200. The second kappa shape index (κ2) is 6.85. The summed E-state index contributed by atoms with van der Waals surface area (Å²) >= 11 is 3.36. The Labute approximate surface area is 129 Å². The smallest absolute Gasteiger partial charge is 0.422 e. The number of hydrogen-bond donors (Lipinski definition) is 1. The Morgan fingerprint density at radius 2 is 1.57 bits per heavy atom. The molecule has 2 rings (SSSR count). The lowest BCUT2D eigenvalue weighted by molar-refractivity contribution is -0.153. The van der Waals surface area contributed by atoms with Crippen LogP contribution in [-0.2, 0) is 6.54 Å². The molecule has 0 aliphatic rings. The first-order valence-corrected chi connectivity index (χ1v) is 7.00. The highest BCUT2D eigenvalue weighted by molar-refractivity contribution is 9.10. The fourth-order valence-corrected chi connectivity index (χ4v) is 1.90. The molecule has 2 nitrogen and oxygen atoms in total. The van der Waals surface area contributed by atoms with Crippen molar-refractivity contribution in [1.29, 1.82) is 0 Å². The van der Waals surface area contributed by atoms with E-state index in [2.05, 4.69) is 26.0 Å². The van der Waals surface area contributed by atoms with Gasteiger partial charge in [0.2, 0.25) is 0 Å². The van der Waals surface area contributed by atoms with Crippen molar-refractivity contribution >= 4 is 21.6 Å². The van der Waals surface area contributed by atoms with E-state index in [4.69, 9.17) is 0 Å². The van der Waals surface area contributed by atoms with Gasteiger partial charge in [-0.15, -0.1) is 0 Å². The number of ether oxygens (including phenoxy) is 1. The molecule has 0 aliphatic heterocycles. The third kappa shape index (κ3) is 5.67. The van der Waals surface area contributed by atoms with Crippen molar-refractivity contribution in [3.63, 3.8) is 0 Å². The lowest BCUT2D eigenvalue weighted by Crippen LogP contribution is -2.19. The van der Waals surface area contributed by atoms with Gasteiger partial charge in [0.15, 0.2) is 6.61 Å². The topological polar surface area (TPSA) is 21.3 Å². The van der Waals surface area contributed by atoms with Gasteiger partial charge >= 0.3 is 6.18 Å². The maximum atomic E-state index is 12.0. The highest BCUT2D eigenvalue weighted by atomic mass is 79.9. The molecule has 0 amide bonds. The number of rotatable bonds is 5. The summed E-state index contributed by atoms with van der Waals surface area (Å²) in [7, 11) is 0. The molecule has 0 unspecified atom stereocenters. The Balaban J connectivity index is 1.86. The van der Waals surface area contributed by atoms with Gasteiger partial charge in [-0.1, -0.05) is 28.1 Å². The maximum Gasteiger partial charge on any atom is 0.422 e. The first-order chi connectivity index (χ1) is 9.92. The molecular weight excluding hydrogens is 347 g/mol. The number of nitrogens with one attached hydrogen (secondary N) is 1. The summed E-state index contributed by atoms with van der Waals surface area (Å²) in [6.45, 7) is -0.644. The Morgan fingerprint density at radius 1 is 0.952 bits per heavy atom. The van der Waals surface area contributed by atoms with E-state index >= 15 is 0 Å². The van der Waals surface area contributed by atoms with Crippen LogP contribution in [-0.4, -0.2) is 12.8 Å². The van der Waals surface area contributed by atoms with Gasteiger partial charge in [0.25, 0.3) is 0 Å². The van der Waals surface area contributed by atoms with Crippen LogP contribution in [0, 0.1) is 0 Å². The van der Waals surface area contributed by atoms with Gasteiger partial charge in [0.05, 0.1) is 0 Å². The van der Waals surface area contributed by atoms with Crippen LogP contribution in [0.3, 0.4) is 0 Å². The average molecular weight is 360 g/mol. The zero-order valence-corrected chi connectivity index (χ0v) is 12.5. The zero-order chi connectivity index (χ0) is 15.3. The molecule has 0 aliphatic carbocycles. The molecule has 0 heterocycles. The third-order valence-electron chi connectivity index (χ3n) is 2.67. The van der Waals surface area contributed by atoms with E-state index in [0.717, 1.165) is 15.7 Å². The number of anilines is 1. The summed E-state index contributed by atoms with van der Waals surface area (Å²) in [5.74, 6) is 0.196. The molecule has 0 fully saturated rings. The highest BCUT2D eigenvalue weighted by Gasteiger charge is 2.28. The lowest BCUT2D eigenvalue weighted by Gasteiger charge is -2.10. The molecule has 21 heavy (non-hydrogen) atoms. The van der Waals surface area contributed by atoms with Gasteiger partial charge in [-0.05, 0) is 42.0 Å². The molecule has 0 aromatic heterocycles. The maximum absolute atomic E-state index is 12.0. The van der Waals surface area contributed by atoms with Gasteiger partial charge in [-0.25, -0.2) is 0 Å². The van der Waals surface area contributed by atoms with Crippen LogP contribution in [0.2, 0.25) is 0 Å².